The van der Waals surface area contributed by atoms with Gasteiger partial charge in [-0.2, -0.15) is 0 Å². The number of hydrogen-bond acceptors (Lipinski definition) is 8. The first-order valence-electron chi connectivity index (χ1n) is 19.7. The lowest BCUT2D eigenvalue weighted by Crippen LogP contribution is -2.60. The number of methoxy groups -OCH3 is 1. The van der Waals surface area contributed by atoms with Crippen LogP contribution in [0.1, 0.15) is 114 Å². The zero-order valence-electron chi connectivity index (χ0n) is 31.9. The number of hydrogen-bond donors (Lipinski definition) is 2. The molecule has 2 heterocycles. The standard InChI is InChI=1S/C40H69NO7/c1-11-45-34(36(6,7)43)26-20-24(2)31-32(47-26)33(42)38(9)28-13-12-27-35(4,5)29(48-30-21-41(18-19-46-30)25(3)22-44-10)14-15-39(27)23-40(28,39)17-16-37(31,38)8/h24-34,42-43H,11-23H2,1-10H3/t24-,25+,26-,27?,28+,29+,30?,31?,32+,33+,34+,37-,38-,39-,40+/m1/s1. The molecular formula is C40H69NO7. The van der Waals surface area contributed by atoms with E-state index in [1.54, 1.807) is 7.11 Å². The third-order valence-corrected chi connectivity index (χ3v) is 16.6. The van der Waals surface area contributed by atoms with E-state index < -0.39 is 17.8 Å². The molecule has 7 fully saturated rings. The maximum atomic E-state index is 12.6. The monoisotopic (exact) mass is 676 g/mol. The lowest BCUT2D eigenvalue weighted by molar-refractivity contribution is -0.251. The summed E-state index contributed by atoms with van der Waals surface area (Å²) in [6.07, 6.45) is 7.95. The van der Waals surface area contributed by atoms with E-state index in [0.29, 0.717) is 53.8 Å². The van der Waals surface area contributed by atoms with Crippen LogP contribution in [-0.2, 0) is 23.7 Å². The number of fused-ring (bicyclic) bond motifs is 4. The summed E-state index contributed by atoms with van der Waals surface area (Å²) in [6.45, 7) is 23.9. The zero-order valence-corrected chi connectivity index (χ0v) is 31.9. The fourth-order valence-electron chi connectivity index (χ4n) is 14.3. The molecule has 2 aliphatic heterocycles. The van der Waals surface area contributed by atoms with Crippen LogP contribution >= 0.6 is 0 Å². The van der Waals surface area contributed by atoms with Crippen LogP contribution in [0.15, 0.2) is 0 Å². The van der Waals surface area contributed by atoms with Gasteiger partial charge >= 0.3 is 0 Å². The summed E-state index contributed by atoms with van der Waals surface area (Å²) in [5.41, 5.74) is -0.484. The van der Waals surface area contributed by atoms with Crippen molar-refractivity contribution in [3.8, 4) is 0 Å². The van der Waals surface area contributed by atoms with Crippen molar-refractivity contribution < 1.29 is 33.9 Å². The van der Waals surface area contributed by atoms with Crippen LogP contribution in [0.25, 0.3) is 0 Å². The summed E-state index contributed by atoms with van der Waals surface area (Å²) in [4.78, 5) is 2.45. The van der Waals surface area contributed by atoms with E-state index in [1.807, 2.05) is 20.8 Å². The lowest BCUT2D eigenvalue weighted by atomic mass is 9.41. The second-order valence-corrected chi connectivity index (χ2v) is 19.3. The van der Waals surface area contributed by atoms with Crippen molar-refractivity contribution in [3.63, 3.8) is 0 Å². The van der Waals surface area contributed by atoms with Crippen molar-refractivity contribution in [1.82, 2.24) is 4.90 Å². The Morgan fingerprint density at radius 1 is 1.02 bits per heavy atom. The van der Waals surface area contributed by atoms with Crippen LogP contribution in [-0.4, -0.2) is 104 Å². The molecule has 0 aromatic rings. The molecule has 3 unspecified atom stereocenters. The van der Waals surface area contributed by atoms with E-state index in [9.17, 15) is 10.2 Å². The highest BCUT2D eigenvalue weighted by molar-refractivity contribution is 5.33. The number of ether oxygens (including phenoxy) is 5. The van der Waals surface area contributed by atoms with Crippen molar-refractivity contribution in [3.05, 3.63) is 0 Å². The van der Waals surface area contributed by atoms with Gasteiger partial charge in [0, 0.05) is 38.3 Å². The van der Waals surface area contributed by atoms with Crippen molar-refractivity contribution in [2.24, 2.45) is 50.7 Å². The first-order valence-corrected chi connectivity index (χ1v) is 19.7. The molecule has 5 aliphatic carbocycles. The molecule has 7 aliphatic rings. The minimum atomic E-state index is -1.01. The molecule has 7 rings (SSSR count). The fraction of sp³-hybridized carbons (Fsp3) is 1.00. The Morgan fingerprint density at radius 2 is 1.73 bits per heavy atom. The molecule has 276 valence electrons. The molecule has 48 heavy (non-hydrogen) atoms. The average Bonchev–Trinajstić information content (AvgIpc) is 3.65. The third kappa shape index (κ3) is 4.95. The second kappa shape index (κ2) is 12.1. The van der Waals surface area contributed by atoms with E-state index in [2.05, 4.69) is 46.4 Å². The van der Waals surface area contributed by atoms with Gasteiger partial charge in [0.15, 0.2) is 6.29 Å². The second-order valence-electron chi connectivity index (χ2n) is 19.3. The molecule has 2 N–H and O–H groups in total. The predicted molar refractivity (Wildman–Crippen MR) is 185 cm³/mol. The molecule has 0 aromatic heterocycles. The smallest absolute Gasteiger partial charge is 0.170 e. The van der Waals surface area contributed by atoms with Crippen molar-refractivity contribution in [2.45, 2.75) is 162 Å². The largest absolute Gasteiger partial charge is 0.390 e. The maximum absolute atomic E-state index is 12.6. The Kier molecular flexibility index (Phi) is 9.10. The van der Waals surface area contributed by atoms with Gasteiger partial charge in [0.1, 0.15) is 6.10 Å². The van der Waals surface area contributed by atoms with Crippen LogP contribution in [0.2, 0.25) is 0 Å². The molecule has 0 bridgehead atoms. The van der Waals surface area contributed by atoms with Crippen LogP contribution in [0.5, 0.6) is 0 Å². The highest BCUT2D eigenvalue weighted by Gasteiger charge is 2.84. The van der Waals surface area contributed by atoms with E-state index in [-0.39, 0.29) is 40.8 Å². The molecule has 8 heteroatoms. The number of rotatable bonds is 9. The van der Waals surface area contributed by atoms with Crippen molar-refractivity contribution in [1.29, 1.82) is 0 Å². The highest BCUT2D eigenvalue weighted by atomic mass is 16.7. The molecule has 2 saturated heterocycles. The Morgan fingerprint density at radius 3 is 2.42 bits per heavy atom. The van der Waals surface area contributed by atoms with E-state index >= 15 is 0 Å². The van der Waals surface area contributed by atoms with Gasteiger partial charge < -0.3 is 33.9 Å². The van der Waals surface area contributed by atoms with Gasteiger partial charge in [-0.25, -0.2) is 0 Å². The number of nitrogens with zero attached hydrogens (tertiary/aromatic N) is 1. The number of aliphatic hydroxyl groups excluding tert-OH is 1. The first-order chi connectivity index (χ1) is 22.5. The SMILES string of the molecule is CCO[C@@H]([C@H]1C[C@@H](C)C2[C@H](O1)[C@H](O)[C@@]1(C)[C@@H]3CCC4C(C)(C)[C@@H](OC5CN([C@@H](C)COC)CCO5)CC[C@@]45C[C@@]35CC[C@]21C)C(C)(C)O. The third-order valence-electron chi connectivity index (χ3n) is 16.6. The Bertz CT molecular complexity index is 1190. The lowest BCUT2D eigenvalue weighted by Gasteiger charge is -2.64. The molecule has 5 saturated carbocycles. The Balaban J connectivity index is 1.11. The summed E-state index contributed by atoms with van der Waals surface area (Å²) >= 11 is 0. The van der Waals surface area contributed by atoms with Gasteiger partial charge in [-0.1, -0.05) is 34.6 Å². The quantitative estimate of drug-likeness (QED) is 0.305. The Hall–Kier alpha value is -0.320. The van der Waals surface area contributed by atoms with E-state index in [1.165, 1.54) is 32.1 Å². The summed E-state index contributed by atoms with van der Waals surface area (Å²) < 4.78 is 31.7. The topological polar surface area (TPSA) is 89.9 Å². The van der Waals surface area contributed by atoms with Crippen molar-refractivity contribution >= 4 is 0 Å². The Labute approximate surface area is 291 Å². The summed E-state index contributed by atoms with van der Waals surface area (Å²) in [7, 11) is 1.78. The van der Waals surface area contributed by atoms with Gasteiger partial charge in [0.25, 0.3) is 0 Å². The predicted octanol–water partition coefficient (Wildman–Crippen LogP) is 6.05. The number of aliphatic hydroxyl groups is 2. The summed E-state index contributed by atoms with van der Waals surface area (Å²) in [5.74, 6) is 1.82. The molecule has 8 nitrogen and oxygen atoms in total. The minimum Gasteiger partial charge on any atom is -0.390 e. The molecule has 0 amide bonds. The number of morpholine rings is 1. The maximum Gasteiger partial charge on any atom is 0.170 e. The van der Waals surface area contributed by atoms with Gasteiger partial charge in [-0.3, -0.25) is 4.90 Å². The van der Waals surface area contributed by atoms with Crippen LogP contribution in [0.4, 0.5) is 0 Å². The average molecular weight is 676 g/mol. The molecule has 0 aromatic carbocycles. The molecule has 15 atom stereocenters. The van der Waals surface area contributed by atoms with Gasteiger partial charge in [0.2, 0.25) is 0 Å². The molecule has 0 radical (unpaired) electrons. The molecular weight excluding hydrogens is 606 g/mol. The summed E-state index contributed by atoms with van der Waals surface area (Å²) in [6, 6.07) is 0.356. The van der Waals surface area contributed by atoms with E-state index in [0.717, 1.165) is 39.0 Å². The normalized spacial score (nSPS) is 51.1. The van der Waals surface area contributed by atoms with Crippen molar-refractivity contribution in [2.75, 3.05) is 40.0 Å². The van der Waals surface area contributed by atoms with E-state index in [4.69, 9.17) is 23.7 Å². The first kappa shape index (κ1) is 36.1. The highest BCUT2D eigenvalue weighted by Crippen LogP contribution is 2.89. The van der Waals surface area contributed by atoms with Crippen LogP contribution < -0.4 is 0 Å². The zero-order chi connectivity index (χ0) is 34.7. The van der Waals surface area contributed by atoms with Crippen LogP contribution in [0.3, 0.4) is 0 Å². The van der Waals surface area contributed by atoms with Gasteiger partial charge in [-0.05, 0) is 124 Å². The van der Waals surface area contributed by atoms with Gasteiger partial charge in [0.05, 0.1) is 43.2 Å². The van der Waals surface area contributed by atoms with Crippen LogP contribution in [0, 0.1) is 50.7 Å². The minimum absolute atomic E-state index is 0.0177. The summed E-state index contributed by atoms with van der Waals surface area (Å²) in [5, 5.41) is 23.7. The fourth-order valence-corrected chi connectivity index (χ4v) is 14.3. The molecule has 2 spiro atoms. The van der Waals surface area contributed by atoms with Gasteiger partial charge in [-0.15, -0.1) is 0 Å².